The van der Waals surface area contributed by atoms with Crippen molar-refractivity contribution in [2.75, 3.05) is 13.1 Å². The lowest BCUT2D eigenvalue weighted by Gasteiger charge is -2.06. The second-order valence-corrected chi connectivity index (χ2v) is 6.38. The molecule has 0 radical (unpaired) electrons. The van der Waals surface area contributed by atoms with E-state index in [0.717, 1.165) is 19.4 Å². The van der Waals surface area contributed by atoms with Gasteiger partial charge in [0.15, 0.2) is 0 Å². The van der Waals surface area contributed by atoms with Crippen LogP contribution in [0.3, 0.4) is 0 Å². The van der Waals surface area contributed by atoms with Crippen LogP contribution in [0, 0.1) is 0 Å². The molecule has 0 aromatic heterocycles. The summed E-state index contributed by atoms with van der Waals surface area (Å²) in [5.74, 6) is -0.0338. The summed E-state index contributed by atoms with van der Waals surface area (Å²) in [5.41, 5.74) is 0. The van der Waals surface area contributed by atoms with E-state index in [1.807, 2.05) is 6.92 Å². The zero-order chi connectivity index (χ0) is 17.2. The average molecular weight is 327 g/mol. The number of carbonyl (C=O) groups is 2. The minimum absolute atomic E-state index is 0.00688. The van der Waals surface area contributed by atoms with E-state index in [1.54, 1.807) is 0 Å². The van der Waals surface area contributed by atoms with Gasteiger partial charge in [-0.2, -0.15) is 0 Å². The number of amides is 2. The fourth-order valence-electron chi connectivity index (χ4n) is 2.51. The summed E-state index contributed by atoms with van der Waals surface area (Å²) in [7, 11) is 0. The van der Waals surface area contributed by atoms with Gasteiger partial charge >= 0.3 is 0 Å². The van der Waals surface area contributed by atoms with Gasteiger partial charge in [-0.05, 0) is 12.8 Å². The lowest BCUT2D eigenvalue weighted by molar-refractivity contribution is -0.126. The predicted octanol–water partition coefficient (Wildman–Crippen LogP) is 4.33. The van der Waals surface area contributed by atoms with Gasteiger partial charge in [-0.1, -0.05) is 71.6 Å². The second-order valence-electron chi connectivity index (χ2n) is 6.38. The quantitative estimate of drug-likeness (QED) is 0.415. The lowest BCUT2D eigenvalue weighted by Crippen LogP contribution is -2.28. The largest absolute Gasteiger partial charge is 0.356 e. The maximum atomic E-state index is 11.6. The third-order valence-corrected chi connectivity index (χ3v) is 4.00. The van der Waals surface area contributed by atoms with E-state index in [4.69, 9.17) is 0 Å². The Morgan fingerprint density at radius 1 is 0.565 bits per heavy atom. The molecule has 0 aliphatic carbocycles. The first-order chi connectivity index (χ1) is 11.2. The summed E-state index contributed by atoms with van der Waals surface area (Å²) < 4.78 is 0. The fourth-order valence-corrected chi connectivity index (χ4v) is 2.51. The molecule has 0 saturated carbocycles. The number of nitrogens with one attached hydrogen (secondary N) is 2. The highest BCUT2D eigenvalue weighted by Gasteiger charge is 2.05. The van der Waals surface area contributed by atoms with Crippen LogP contribution in [0.4, 0.5) is 0 Å². The first-order valence-corrected chi connectivity index (χ1v) is 9.74. The standard InChI is InChI=1S/C19H38N2O2/c1-3-5-6-7-8-9-10-11-12-13-17-21-19(23)15-14-18(22)20-16-4-2/h3-17H2,1-2H3,(H,20,22)(H,21,23). The van der Waals surface area contributed by atoms with Gasteiger partial charge < -0.3 is 10.6 Å². The molecule has 0 aliphatic heterocycles. The van der Waals surface area contributed by atoms with Crippen molar-refractivity contribution in [2.24, 2.45) is 0 Å². The van der Waals surface area contributed by atoms with Gasteiger partial charge in [0.25, 0.3) is 0 Å². The van der Waals surface area contributed by atoms with E-state index in [1.165, 1.54) is 57.8 Å². The molecule has 0 heterocycles. The Balaban J connectivity index is 3.25. The van der Waals surface area contributed by atoms with Crippen LogP contribution < -0.4 is 10.6 Å². The molecular weight excluding hydrogens is 288 g/mol. The molecule has 0 atom stereocenters. The first kappa shape index (κ1) is 21.9. The van der Waals surface area contributed by atoms with Gasteiger partial charge in [0.1, 0.15) is 0 Å². The Morgan fingerprint density at radius 2 is 1.00 bits per heavy atom. The van der Waals surface area contributed by atoms with Gasteiger partial charge in [0.2, 0.25) is 11.8 Å². The van der Waals surface area contributed by atoms with Crippen molar-refractivity contribution in [3.8, 4) is 0 Å². The maximum Gasteiger partial charge on any atom is 0.220 e. The predicted molar refractivity (Wildman–Crippen MR) is 97.4 cm³/mol. The van der Waals surface area contributed by atoms with E-state index < -0.39 is 0 Å². The Kier molecular flexibility index (Phi) is 16.5. The van der Waals surface area contributed by atoms with Crippen LogP contribution in [0.15, 0.2) is 0 Å². The summed E-state index contributed by atoms with van der Waals surface area (Å²) >= 11 is 0. The molecule has 0 aliphatic rings. The van der Waals surface area contributed by atoms with Crippen molar-refractivity contribution in [3.05, 3.63) is 0 Å². The smallest absolute Gasteiger partial charge is 0.220 e. The average Bonchev–Trinajstić information content (AvgIpc) is 2.56. The number of hydrogen-bond acceptors (Lipinski definition) is 2. The van der Waals surface area contributed by atoms with Crippen LogP contribution in [-0.4, -0.2) is 24.9 Å². The van der Waals surface area contributed by atoms with Crippen LogP contribution in [-0.2, 0) is 9.59 Å². The zero-order valence-electron chi connectivity index (χ0n) is 15.4. The Labute approximate surface area is 143 Å². The molecule has 2 N–H and O–H groups in total. The van der Waals surface area contributed by atoms with Crippen LogP contribution >= 0.6 is 0 Å². The SMILES string of the molecule is CCCCCCCCCCCCNC(=O)CCC(=O)NCCC. The fraction of sp³-hybridized carbons (Fsp3) is 0.895. The Bertz CT molecular complexity index is 293. The third-order valence-electron chi connectivity index (χ3n) is 4.00. The number of hydrogen-bond donors (Lipinski definition) is 2. The van der Waals surface area contributed by atoms with Gasteiger partial charge in [-0.3, -0.25) is 9.59 Å². The molecule has 136 valence electrons. The molecule has 0 rings (SSSR count). The molecule has 0 saturated heterocycles. The lowest BCUT2D eigenvalue weighted by atomic mass is 10.1. The first-order valence-electron chi connectivity index (χ1n) is 9.74. The van der Waals surface area contributed by atoms with Gasteiger partial charge in [0, 0.05) is 25.9 Å². The molecule has 23 heavy (non-hydrogen) atoms. The van der Waals surface area contributed by atoms with Crippen LogP contribution in [0.25, 0.3) is 0 Å². The zero-order valence-corrected chi connectivity index (χ0v) is 15.4. The van der Waals surface area contributed by atoms with Crippen molar-refractivity contribution in [1.29, 1.82) is 0 Å². The minimum Gasteiger partial charge on any atom is -0.356 e. The van der Waals surface area contributed by atoms with E-state index >= 15 is 0 Å². The van der Waals surface area contributed by atoms with Crippen molar-refractivity contribution >= 4 is 11.8 Å². The van der Waals surface area contributed by atoms with Crippen LogP contribution in [0.2, 0.25) is 0 Å². The summed E-state index contributed by atoms with van der Waals surface area (Å²) in [6, 6.07) is 0. The Hall–Kier alpha value is -1.06. The van der Waals surface area contributed by atoms with Crippen molar-refractivity contribution in [1.82, 2.24) is 10.6 Å². The number of unbranched alkanes of at least 4 members (excludes halogenated alkanes) is 9. The monoisotopic (exact) mass is 326 g/mol. The molecule has 0 unspecified atom stereocenters. The van der Waals surface area contributed by atoms with Crippen molar-refractivity contribution < 1.29 is 9.59 Å². The minimum atomic E-state index is -0.0269. The summed E-state index contributed by atoms with van der Waals surface area (Å²) in [4.78, 5) is 23.0. The molecule has 0 aromatic rings. The summed E-state index contributed by atoms with van der Waals surface area (Å²) in [6.45, 7) is 5.70. The molecule has 4 heteroatoms. The third kappa shape index (κ3) is 17.1. The van der Waals surface area contributed by atoms with E-state index in [9.17, 15) is 9.59 Å². The highest BCUT2D eigenvalue weighted by molar-refractivity contribution is 5.83. The molecule has 4 nitrogen and oxygen atoms in total. The molecule has 2 amide bonds. The number of carbonyl (C=O) groups excluding carboxylic acids is 2. The van der Waals surface area contributed by atoms with Crippen molar-refractivity contribution in [3.63, 3.8) is 0 Å². The van der Waals surface area contributed by atoms with E-state index in [-0.39, 0.29) is 11.8 Å². The second kappa shape index (κ2) is 17.3. The van der Waals surface area contributed by atoms with Gasteiger partial charge in [-0.25, -0.2) is 0 Å². The number of rotatable bonds is 16. The van der Waals surface area contributed by atoms with Gasteiger partial charge in [0.05, 0.1) is 0 Å². The molecule has 0 bridgehead atoms. The summed E-state index contributed by atoms with van der Waals surface area (Å²) in [6.07, 6.45) is 14.5. The highest BCUT2D eigenvalue weighted by atomic mass is 16.2. The topological polar surface area (TPSA) is 58.2 Å². The maximum absolute atomic E-state index is 11.6. The van der Waals surface area contributed by atoms with E-state index in [2.05, 4.69) is 17.6 Å². The van der Waals surface area contributed by atoms with Crippen LogP contribution in [0.5, 0.6) is 0 Å². The summed E-state index contributed by atoms with van der Waals surface area (Å²) in [5, 5.41) is 5.68. The molecule has 0 spiro atoms. The molecular formula is C19H38N2O2. The highest BCUT2D eigenvalue weighted by Crippen LogP contribution is 2.10. The molecule has 0 aromatic carbocycles. The van der Waals surface area contributed by atoms with E-state index in [0.29, 0.717) is 19.4 Å². The normalized spacial score (nSPS) is 10.5. The Morgan fingerprint density at radius 3 is 1.48 bits per heavy atom. The molecule has 0 fully saturated rings. The van der Waals surface area contributed by atoms with Crippen molar-refractivity contribution in [2.45, 2.75) is 97.3 Å². The van der Waals surface area contributed by atoms with Crippen LogP contribution in [0.1, 0.15) is 97.3 Å². The van der Waals surface area contributed by atoms with Gasteiger partial charge in [-0.15, -0.1) is 0 Å².